The maximum Gasteiger partial charge on any atom is 0.277 e. The summed E-state index contributed by atoms with van der Waals surface area (Å²) in [5.41, 5.74) is 7.54. The third-order valence-corrected chi connectivity index (χ3v) is 6.37. The van der Waals surface area contributed by atoms with Crippen LogP contribution in [0.1, 0.15) is 58.5 Å². The number of anilines is 1. The smallest absolute Gasteiger partial charge is 0.277 e. The molecule has 1 atom stereocenters. The van der Waals surface area contributed by atoms with E-state index in [1.165, 1.54) is 11.1 Å². The number of H-pyrrole nitrogens is 1. The van der Waals surface area contributed by atoms with Crippen LogP contribution in [-0.4, -0.2) is 16.1 Å². The Hall–Kier alpha value is -3.37. The van der Waals surface area contributed by atoms with Crippen LogP contribution in [0.3, 0.4) is 0 Å². The number of benzene rings is 3. The molecule has 3 aromatic carbocycles. The van der Waals surface area contributed by atoms with Crippen LogP contribution in [0.15, 0.2) is 72.8 Å². The number of nitrogens with one attached hydrogen (secondary N) is 1. The highest BCUT2D eigenvalue weighted by Gasteiger charge is 2.43. The fraction of sp³-hybridized carbons (Fsp3) is 0.185. The maximum atomic E-state index is 13.6. The Morgan fingerprint density at radius 1 is 0.938 bits per heavy atom. The third kappa shape index (κ3) is 3.41. The largest absolute Gasteiger partial charge is 0.295 e. The zero-order valence-corrected chi connectivity index (χ0v) is 19.0. The minimum atomic E-state index is -0.282. The number of aromatic amines is 1. The lowest BCUT2D eigenvalue weighted by Gasteiger charge is -2.27. The number of hydrogen-bond acceptors (Lipinski definition) is 2. The Balaban J connectivity index is 1.69. The Morgan fingerprint density at radius 3 is 2.22 bits per heavy atom. The first-order valence-electron chi connectivity index (χ1n) is 10.8. The van der Waals surface area contributed by atoms with Gasteiger partial charge in [-0.05, 0) is 48.2 Å². The molecule has 0 saturated carbocycles. The summed E-state index contributed by atoms with van der Waals surface area (Å²) in [5.74, 6) is 0.348. The van der Waals surface area contributed by atoms with Gasteiger partial charge in [-0.2, -0.15) is 5.10 Å². The number of aromatic nitrogens is 2. The molecule has 2 heterocycles. The number of amides is 1. The molecule has 0 fully saturated rings. The number of rotatable bonds is 4. The molecule has 4 aromatic rings. The quantitative estimate of drug-likeness (QED) is 0.374. The van der Waals surface area contributed by atoms with Gasteiger partial charge in [0.2, 0.25) is 0 Å². The molecular weight excluding hydrogens is 418 g/mol. The average Bonchev–Trinajstić information content (AvgIpc) is 3.34. The molecule has 1 N–H and O–H groups in total. The number of fused-ring (bicyclic) bond motifs is 1. The summed E-state index contributed by atoms with van der Waals surface area (Å²) >= 11 is 6.12. The Morgan fingerprint density at radius 2 is 1.59 bits per heavy atom. The van der Waals surface area contributed by atoms with Crippen molar-refractivity contribution in [1.29, 1.82) is 0 Å². The second-order valence-corrected chi connectivity index (χ2v) is 9.04. The third-order valence-electron chi connectivity index (χ3n) is 6.12. The van der Waals surface area contributed by atoms with E-state index in [0.717, 1.165) is 28.1 Å². The van der Waals surface area contributed by atoms with Crippen molar-refractivity contribution in [2.45, 2.75) is 32.7 Å². The van der Waals surface area contributed by atoms with Gasteiger partial charge in [-0.15, -0.1) is 0 Å². The Labute approximate surface area is 192 Å². The molecule has 1 unspecified atom stereocenters. The Bertz CT molecular complexity index is 1270. The highest BCUT2D eigenvalue weighted by Crippen LogP contribution is 2.45. The summed E-state index contributed by atoms with van der Waals surface area (Å²) < 4.78 is 0. The van der Waals surface area contributed by atoms with Gasteiger partial charge in [-0.3, -0.25) is 14.8 Å². The van der Waals surface area contributed by atoms with Crippen LogP contribution in [-0.2, 0) is 0 Å². The summed E-state index contributed by atoms with van der Waals surface area (Å²) in [6.45, 7) is 6.42. The molecule has 5 heteroatoms. The maximum absolute atomic E-state index is 13.6. The van der Waals surface area contributed by atoms with Crippen LogP contribution < -0.4 is 4.90 Å². The average molecular weight is 442 g/mol. The first-order chi connectivity index (χ1) is 15.4. The van der Waals surface area contributed by atoms with Crippen LogP contribution in [0.25, 0.3) is 11.3 Å². The summed E-state index contributed by atoms with van der Waals surface area (Å²) in [6.07, 6.45) is 0. The van der Waals surface area contributed by atoms with Crippen LogP contribution in [0, 0.1) is 6.92 Å². The Kier molecular flexibility index (Phi) is 5.10. The number of hydrogen-bond donors (Lipinski definition) is 1. The lowest BCUT2D eigenvalue weighted by atomic mass is 9.93. The molecule has 1 aliphatic rings. The topological polar surface area (TPSA) is 49.0 Å². The number of aryl methyl sites for hydroxylation is 1. The first kappa shape index (κ1) is 20.5. The molecule has 0 aliphatic carbocycles. The number of nitrogens with zero attached hydrogens (tertiary/aromatic N) is 2. The molecule has 4 nitrogen and oxygen atoms in total. The minimum absolute atomic E-state index is 0.0916. The van der Waals surface area contributed by atoms with E-state index < -0.39 is 0 Å². The van der Waals surface area contributed by atoms with Gasteiger partial charge in [0.05, 0.1) is 11.7 Å². The van der Waals surface area contributed by atoms with Crippen molar-refractivity contribution < 1.29 is 4.79 Å². The molecule has 0 radical (unpaired) electrons. The first-order valence-corrected chi connectivity index (χ1v) is 11.2. The fourth-order valence-corrected chi connectivity index (χ4v) is 4.45. The van der Waals surface area contributed by atoms with E-state index in [-0.39, 0.29) is 11.9 Å². The fourth-order valence-electron chi connectivity index (χ4n) is 4.33. The van der Waals surface area contributed by atoms with Crippen molar-refractivity contribution in [3.63, 3.8) is 0 Å². The van der Waals surface area contributed by atoms with Gasteiger partial charge in [0.15, 0.2) is 0 Å². The molecule has 5 rings (SSSR count). The summed E-state index contributed by atoms with van der Waals surface area (Å²) in [4.78, 5) is 15.4. The van der Waals surface area contributed by atoms with Gasteiger partial charge < -0.3 is 0 Å². The monoisotopic (exact) mass is 441 g/mol. The minimum Gasteiger partial charge on any atom is -0.295 e. The molecule has 0 spiro atoms. The summed E-state index contributed by atoms with van der Waals surface area (Å²) in [5, 5.41) is 8.22. The van der Waals surface area contributed by atoms with Gasteiger partial charge in [-0.1, -0.05) is 79.5 Å². The SMILES string of the molecule is Cc1ccc(-c2n[nH]c3c2C(c2ccc(C(C)C)cc2)N(c2ccc(Cl)cc2)C3=O)cc1. The van der Waals surface area contributed by atoms with Gasteiger partial charge >= 0.3 is 0 Å². The van der Waals surface area contributed by atoms with Crippen molar-refractivity contribution in [3.8, 4) is 11.3 Å². The molecule has 1 aliphatic heterocycles. The standard InChI is InChI=1S/C27H24ClN3O/c1-16(2)18-8-10-20(11-9-18)26-23-24(19-6-4-17(3)5-7-19)29-30-25(23)27(32)31(26)22-14-12-21(28)13-15-22/h4-16,26H,1-3H3,(H,29,30). The summed E-state index contributed by atoms with van der Waals surface area (Å²) in [6, 6.07) is 23.9. The van der Waals surface area contributed by atoms with Crippen LogP contribution in [0.2, 0.25) is 5.02 Å². The molecular formula is C27H24ClN3O. The highest BCUT2D eigenvalue weighted by molar-refractivity contribution is 6.30. The molecule has 1 aromatic heterocycles. The normalized spacial score (nSPS) is 15.5. The van der Waals surface area contributed by atoms with Gasteiger partial charge in [0, 0.05) is 21.8 Å². The van der Waals surface area contributed by atoms with Crippen molar-refractivity contribution in [1.82, 2.24) is 10.2 Å². The van der Waals surface area contributed by atoms with E-state index in [1.807, 2.05) is 29.2 Å². The van der Waals surface area contributed by atoms with Crippen molar-refractivity contribution in [3.05, 3.63) is 106 Å². The predicted molar refractivity (Wildman–Crippen MR) is 129 cm³/mol. The number of halogens is 1. The van der Waals surface area contributed by atoms with Crippen molar-refractivity contribution in [2.75, 3.05) is 4.90 Å². The van der Waals surface area contributed by atoms with E-state index in [2.05, 4.69) is 79.5 Å². The van der Waals surface area contributed by atoms with Crippen LogP contribution >= 0.6 is 11.6 Å². The predicted octanol–water partition coefficient (Wildman–Crippen LogP) is 6.91. The molecule has 0 saturated heterocycles. The lowest BCUT2D eigenvalue weighted by molar-refractivity contribution is 0.0989. The van der Waals surface area contributed by atoms with Gasteiger partial charge in [-0.25, -0.2) is 0 Å². The number of carbonyl (C=O) groups is 1. The van der Waals surface area contributed by atoms with E-state index in [1.54, 1.807) is 0 Å². The summed E-state index contributed by atoms with van der Waals surface area (Å²) in [7, 11) is 0. The lowest BCUT2D eigenvalue weighted by Crippen LogP contribution is -2.29. The molecule has 1 amide bonds. The van der Waals surface area contributed by atoms with Gasteiger partial charge in [0.1, 0.15) is 5.69 Å². The van der Waals surface area contributed by atoms with Crippen LogP contribution in [0.5, 0.6) is 0 Å². The van der Waals surface area contributed by atoms with Crippen molar-refractivity contribution >= 4 is 23.2 Å². The second kappa shape index (κ2) is 7.95. The van der Waals surface area contributed by atoms with Crippen LogP contribution in [0.4, 0.5) is 5.69 Å². The molecule has 0 bridgehead atoms. The zero-order chi connectivity index (χ0) is 22.4. The molecule has 32 heavy (non-hydrogen) atoms. The van der Waals surface area contributed by atoms with Crippen molar-refractivity contribution in [2.24, 2.45) is 0 Å². The van der Waals surface area contributed by atoms with E-state index >= 15 is 0 Å². The second-order valence-electron chi connectivity index (χ2n) is 8.60. The van der Waals surface area contributed by atoms with E-state index in [9.17, 15) is 4.79 Å². The van der Waals surface area contributed by atoms with E-state index in [4.69, 9.17) is 11.6 Å². The van der Waals surface area contributed by atoms with Gasteiger partial charge in [0.25, 0.3) is 5.91 Å². The highest BCUT2D eigenvalue weighted by atomic mass is 35.5. The number of carbonyl (C=O) groups excluding carboxylic acids is 1. The van der Waals surface area contributed by atoms with E-state index in [0.29, 0.717) is 16.6 Å². The molecule has 160 valence electrons. The zero-order valence-electron chi connectivity index (χ0n) is 18.3.